The number of benzene rings is 1. The Morgan fingerprint density at radius 3 is 2.28 bits per heavy atom. The van der Waals surface area contributed by atoms with E-state index in [0.717, 1.165) is 26.2 Å². The largest absolute Gasteiger partial charge is 0.490 e. The number of hydrogen-bond acceptors (Lipinski definition) is 8. The smallest absolute Gasteiger partial charge is 0.475 e. The van der Waals surface area contributed by atoms with Gasteiger partial charge in [0.1, 0.15) is 5.75 Å². The molecule has 1 aromatic rings. The number of esters is 1. The van der Waals surface area contributed by atoms with Gasteiger partial charge in [0.2, 0.25) is 0 Å². The van der Waals surface area contributed by atoms with Gasteiger partial charge in [-0.1, -0.05) is 18.2 Å². The minimum absolute atomic E-state index is 0.214. The van der Waals surface area contributed by atoms with Gasteiger partial charge < -0.3 is 24.6 Å². The van der Waals surface area contributed by atoms with Crippen LogP contribution in [0.5, 0.6) is 5.75 Å². The first kappa shape index (κ1) is 27.9. The zero-order valence-corrected chi connectivity index (χ0v) is 18.7. The second kappa shape index (κ2) is 13.4. The van der Waals surface area contributed by atoms with Crippen molar-refractivity contribution in [3.63, 3.8) is 0 Å². The third kappa shape index (κ3) is 10.9. The molecule has 0 aromatic heterocycles. The fraction of sp³-hybridized carbons (Fsp3) is 0.579. The van der Waals surface area contributed by atoms with Gasteiger partial charge in [-0.3, -0.25) is 4.52 Å². The molecule has 0 bridgehead atoms. The van der Waals surface area contributed by atoms with Crippen LogP contribution in [0.1, 0.15) is 13.8 Å². The summed E-state index contributed by atoms with van der Waals surface area (Å²) in [5.41, 5.74) is 0. The maximum atomic E-state index is 13.2. The number of carbonyl (C=O) groups excluding carboxylic acids is 1. The highest BCUT2D eigenvalue weighted by Gasteiger charge is 2.38. The first-order valence-electron chi connectivity index (χ1n) is 9.88. The van der Waals surface area contributed by atoms with Gasteiger partial charge in [0, 0.05) is 32.7 Å². The highest BCUT2D eigenvalue weighted by Crippen LogP contribution is 2.49. The van der Waals surface area contributed by atoms with Crippen molar-refractivity contribution in [2.45, 2.75) is 26.1 Å². The van der Waals surface area contributed by atoms with E-state index in [9.17, 15) is 22.5 Å². The lowest BCUT2D eigenvalue weighted by Crippen LogP contribution is -2.44. The Labute approximate surface area is 184 Å². The molecule has 2 N–H and O–H groups in total. The Morgan fingerprint density at radius 2 is 1.78 bits per heavy atom. The van der Waals surface area contributed by atoms with Crippen molar-refractivity contribution in [3.05, 3.63) is 30.3 Å². The quantitative estimate of drug-likeness (QED) is 0.403. The lowest BCUT2D eigenvalue weighted by atomic mass is 10.3. The second-order valence-electron chi connectivity index (χ2n) is 6.63. The van der Waals surface area contributed by atoms with Crippen LogP contribution in [0.2, 0.25) is 0 Å². The van der Waals surface area contributed by atoms with Crippen LogP contribution in [0, 0.1) is 0 Å². The maximum absolute atomic E-state index is 13.2. The molecule has 1 fully saturated rings. The Balaban J connectivity index is 0.000000633. The normalized spacial score (nSPS) is 17.3. The summed E-state index contributed by atoms with van der Waals surface area (Å²) < 4.78 is 61.2. The molecule has 2 atom stereocenters. The molecule has 1 heterocycles. The van der Waals surface area contributed by atoms with Crippen LogP contribution < -0.4 is 9.84 Å². The van der Waals surface area contributed by atoms with Crippen LogP contribution >= 0.6 is 7.60 Å². The van der Waals surface area contributed by atoms with Gasteiger partial charge >= 0.3 is 25.7 Å². The minimum atomic E-state index is -5.08. The molecule has 0 radical (unpaired) electrons. The minimum Gasteiger partial charge on any atom is -0.475 e. The van der Waals surface area contributed by atoms with E-state index in [2.05, 4.69) is 10.2 Å². The second-order valence-corrected chi connectivity index (χ2v) is 8.70. The summed E-state index contributed by atoms with van der Waals surface area (Å²) in [6, 6.07) is 8.88. The van der Waals surface area contributed by atoms with Crippen molar-refractivity contribution < 1.29 is 46.2 Å². The monoisotopic (exact) mass is 484 g/mol. The topological polar surface area (TPSA) is 114 Å². The summed E-state index contributed by atoms with van der Waals surface area (Å²) in [5, 5.41) is 10.4. The number of piperazine rings is 1. The van der Waals surface area contributed by atoms with E-state index < -0.39 is 31.8 Å². The van der Waals surface area contributed by atoms with E-state index in [1.807, 2.05) is 6.07 Å². The van der Waals surface area contributed by atoms with Crippen molar-refractivity contribution >= 4 is 19.5 Å². The van der Waals surface area contributed by atoms with Gasteiger partial charge in [-0.05, 0) is 26.0 Å². The third-order valence-corrected chi connectivity index (χ3v) is 5.94. The van der Waals surface area contributed by atoms with Crippen LogP contribution in [0.3, 0.4) is 0 Å². The number of ether oxygens (including phenoxy) is 1. The van der Waals surface area contributed by atoms with E-state index in [1.165, 1.54) is 6.92 Å². The van der Waals surface area contributed by atoms with Crippen LogP contribution in [-0.4, -0.2) is 79.7 Å². The summed E-state index contributed by atoms with van der Waals surface area (Å²) in [7, 11) is -3.50. The average Bonchev–Trinajstić information content (AvgIpc) is 2.73. The molecule has 0 spiro atoms. The molecular weight excluding hydrogens is 456 g/mol. The van der Waals surface area contributed by atoms with E-state index in [0.29, 0.717) is 12.3 Å². The van der Waals surface area contributed by atoms with E-state index in [4.69, 9.17) is 23.7 Å². The number of nitrogens with zero attached hydrogens (tertiary/aromatic N) is 1. The molecule has 1 aromatic carbocycles. The molecule has 32 heavy (non-hydrogen) atoms. The number of carboxylic acid groups (broad SMARTS) is 1. The SMILES string of the molecule is CCOC(=O)C(C)OP(=O)(CCN1CCNCC1)Oc1ccccc1.O=C(O)C(F)(F)F. The first-order chi connectivity index (χ1) is 15.0. The molecule has 2 unspecified atom stereocenters. The summed E-state index contributed by atoms with van der Waals surface area (Å²) in [6.07, 6.45) is -5.82. The van der Waals surface area contributed by atoms with Crippen molar-refractivity contribution in [2.75, 3.05) is 45.5 Å². The number of alkyl halides is 3. The van der Waals surface area contributed by atoms with E-state index in [1.54, 1.807) is 31.2 Å². The molecule has 2 rings (SSSR count). The van der Waals surface area contributed by atoms with Gasteiger partial charge in [0.05, 0.1) is 12.8 Å². The lowest BCUT2D eigenvalue weighted by molar-refractivity contribution is -0.192. The summed E-state index contributed by atoms with van der Waals surface area (Å²) in [5.74, 6) is -2.84. The Hall–Kier alpha value is -2.14. The average molecular weight is 484 g/mol. The van der Waals surface area contributed by atoms with Gasteiger partial charge in [-0.15, -0.1) is 0 Å². The van der Waals surface area contributed by atoms with Gasteiger partial charge in [-0.2, -0.15) is 13.2 Å². The van der Waals surface area contributed by atoms with E-state index in [-0.39, 0.29) is 12.8 Å². The molecule has 0 saturated carbocycles. The van der Waals surface area contributed by atoms with Crippen LogP contribution in [0.4, 0.5) is 13.2 Å². The lowest BCUT2D eigenvalue weighted by Gasteiger charge is -2.29. The number of hydrogen-bond donors (Lipinski definition) is 2. The first-order valence-corrected chi connectivity index (χ1v) is 11.6. The fourth-order valence-electron chi connectivity index (χ4n) is 2.50. The molecule has 13 heteroatoms. The number of rotatable bonds is 9. The van der Waals surface area contributed by atoms with Crippen molar-refractivity contribution in [1.82, 2.24) is 10.2 Å². The van der Waals surface area contributed by atoms with Crippen LogP contribution in [0.25, 0.3) is 0 Å². The van der Waals surface area contributed by atoms with Crippen LogP contribution in [-0.2, 0) is 23.4 Å². The Bertz CT molecular complexity index is 759. The molecular formula is C19H28F3N2O7P. The van der Waals surface area contributed by atoms with Crippen molar-refractivity contribution in [2.24, 2.45) is 0 Å². The zero-order chi connectivity index (χ0) is 24.2. The van der Waals surface area contributed by atoms with Gasteiger partial charge in [-0.25, -0.2) is 14.2 Å². The number of carboxylic acids is 1. The Kier molecular flexibility index (Phi) is 11.7. The van der Waals surface area contributed by atoms with Crippen molar-refractivity contribution in [3.8, 4) is 5.75 Å². The molecule has 1 aliphatic rings. The molecule has 1 saturated heterocycles. The number of nitrogens with one attached hydrogen (secondary N) is 1. The fourth-order valence-corrected chi connectivity index (χ4v) is 4.28. The molecule has 1 aliphatic heterocycles. The van der Waals surface area contributed by atoms with Crippen molar-refractivity contribution in [1.29, 1.82) is 0 Å². The summed E-state index contributed by atoms with van der Waals surface area (Å²) in [4.78, 5) is 22.9. The third-order valence-electron chi connectivity index (χ3n) is 4.07. The molecule has 182 valence electrons. The molecule has 9 nitrogen and oxygen atoms in total. The number of para-hydroxylation sites is 1. The summed E-state index contributed by atoms with van der Waals surface area (Å²) in [6.45, 7) is 7.67. The maximum Gasteiger partial charge on any atom is 0.490 e. The van der Waals surface area contributed by atoms with Crippen LogP contribution in [0.15, 0.2) is 30.3 Å². The highest BCUT2D eigenvalue weighted by molar-refractivity contribution is 7.54. The zero-order valence-electron chi connectivity index (χ0n) is 17.8. The predicted octanol–water partition coefficient (Wildman–Crippen LogP) is 2.77. The number of halogens is 3. The summed E-state index contributed by atoms with van der Waals surface area (Å²) >= 11 is 0. The molecule has 0 aliphatic carbocycles. The van der Waals surface area contributed by atoms with E-state index >= 15 is 0 Å². The number of carbonyl (C=O) groups is 2. The van der Waals surface area contributed by atoms with Gasteiger partial charge in [0.25, 0.3) is 0 Å². The number of aliphatic carboxylic acids is 1. The standard InChI is InChI=1S/C17H27N2O5P.C2HF3O2/c1-3-22-17(20)15(2)23-25(21,24-16-7-5-4-6-8-16)14-13-19-11-9-18-10-12-19;3-2(4,5)1(6)7/h4-8,15,18H,3,9-14H2,1-2H3;(H,6,7). The predicted molar refractivity (Wildman–Crippen MR) is 110 cm³/mol. The highest BCUT2D eigenvalue weighted by atomic mass is 31.2. The molecule has 0 amide bonds. The van der Waals surface area contributed by atoms with Gasteiger partial charge in [0.15, 0.2) is 6.10 Å². The Morgan fingerprint density at radius 1 is 1.22 bits per heavy atom.